The normalized spacial score (nSPS) is 10.6. The molecule has 7 heteroatoms. The molecular weight excluding hydrogens is 232 g/mol. The molecule has 0 aliphatic carbocycles. The van der Waals surface area contributed by atoms with Crippen molar-refractivity contribution in [2.24, 2.45) is 7.05 Å². The molecular formula is C11H16N6O. The van der Waals surface area contributed by atoms with E-state index in [1.54, 1.807) is 17.9 Å². The second kappa shape index (κ2) is 4.91. The van der Waals surface area contributed by atoms with E-state index in [4.69, 9.17) is 5.73 Å². The van der Waals surface area contributed by atoms with Crippen LogP contribution < -0.4 is 16.6 Å². The lowest BCUT2D eigenvalue weighted by molar-refractivity contribution is 0.778. The highest BCUT2D eigenvalue weighted by Crippen LogP contribution is 2.11. The van der Waals surface area contributed by atoms with E-state index in [0.717, 1.165) is 5.56 Å². The van der Waals surface area contributed by atoms with Gasteiger partial charge in [-0.05, 0) is 0 Å². The lowest BCUT2D eigenvalue weighted by Crippen LogP contribution is -2.13. The van der Waals surface area contributed by atoms with Crippen molar-refractivity contribution in [1.82, 2.24) is 19.7 Å². The SMILES string of the molecule is CCc1nc(NCc2cnn(C)c2N)cc(=O)[nH]1. The molecule has 0 amide bonds. The number of H-pyrrole nitrogens is 1. The minimum absolute atomic E-state index is 0.163. The fraction of sp³-hybridized carbons (Fsp3) is 0.364. The third-order valence-corrected chi connectivity index (χ3v) is 2.65. The average molecular weight is 248 g/mol. The zero-order valence-electron chi connectivity index (χ0n) is 10.4. The van der Waals surface area contributed by atoms with Crippen LogP contribution in [-0.2, 0) is 20.0 Å². The molecule has 0 fully saturated rings. The molecule has 4 N–H and O–H groups in total. The number of nitrogens with two attached hydrogens (primary N) is 1. The largest absolute Gasteiger partial charge is 0.384 e. The third-order valence-electron chi connectivity index (χ3n) is 2.65. The van der Waals surface area contributed by atoms with Crippen LogP contribution in [0.3, 0.4) is 0 Å². The summed E-state index contributed by atoms with van der Waals surface area (Å²) < 4.78 is 1.60. The summed E-state index contributed by atoms with van der Waals surface area (Å²) in [6, 6.07) is 1.42. The Morgan fingerprint density at radius 3 is 2.94 bits per heavy atom. The quantitative estimate of drug-likeness (QED) is 0.720. The number of hydrogen-bond acceptors (Lipinski definition) is 5. The van der Waals surface area contributed by atoms with Crippen molar-refractivity contribution >= 4 is 11.6 Å². The topological polar surface area (TPSA) is 102 Å². The summed E-state index contributed by atoms with van der Waals surface area (Å²) >= 11 is 0. The highest BCUT2D eigenvalue weighted by Gasteiger charge is 2.05. The number of nitrogen functional groups attached to an aromatic ring is 1. The predicted molar refractivity (Wildman–Crippen MR) is 69.2 cm³/mol. The van der Waals surface area contributed by atoms with Crippen LogP contribution in [0.1, 0.15) is 18.3 Å². The molecule has 0 spiro atoms. The average Bonchev–Trinajstić information content (AvgIpc) is 2.67. The second-order valence-electron chi connectivity index (χ2n) is 3.96. The maximum absolute atomic E-state index is 11.4. The van der Waals surface area contributed by atoms with Crippen LogP contribution in [0, 0.1) is 0 Å². The summed E-state index contributed by atoms with van der Waals surface area (Å²) in [5.41, 5.74) is 6.53. The Balaban J connectivity index is 2.13. The van der Waals surface area contributed by atoms with Gasteiger partial charge in [0.05, 0.1) is 6.20 Å². The van der Waals surface area contributed by atoms with Gasteiger partial charge in [-0.3, -0.25) is 9.48 Å². The van der Waals surface area contributed by atoms with Crippen LogP contribution in [0.5, 0.6) is 0 Å². The molecule has 0 aromatic carbocycles. The van der Waals surface area contributed by atoms with Gasteiger partial charge in [-0.25, -0.2) is 4.98 Å². The molecule has 96 valence electrons. The monoisotopic (exact) mass is 248 g/mol. The number of aromatic amines is 1. The van der Waals surface area contributed by atoms with Crippen molar-refractivity contribution in [3.05, 3.63) is 34.0 Å². The summed E-state index contributed by atoms with van der Waals surface area (Å²) in [6.45, 7) is 2.42. The van der Waals surface area contributed by atoms with Crippen molar-refractivity contribution in [3.63, 3.8) is 0 Å². The number of nitrogens with one attached hydrogen (secondary N) is 2. The standard InChI is InChI=1S/C11H16N6O/c1-3-8-15-9(4-10(18)16-8)13-5-7-6-14-17(2)11(7)12/h4,6H,3,5,12H2,1-2H3,(H2,13,15,16,18). The van der Waals surface area contributed by atoms with E-state index < -0.39 is 0 Å². The van der Waals surface area contributed by atoms with Gasteiger partial charge in [0.15, 0.2) is 0 Å². The Labute approximate surface area is 104 Å². The molecule has 0 saturated carbocycles. The molecule has 2 aromatic rings. The predicted octanol–water partition coefficient (Wildman–Crippen LogP) is 0.260. The molecule has 0 atom stereocenters. The fourth-order valence-electron chi connectivity index (χ4n) is 1.58. The lowest BCUT2D eigenvalue weighted by atomic mass is 10.3. The van der Waals surface area contributed by atoms with Crippen LogP contribution in [0.15, 0.2) is 17.1 Å². The molecule has 0 aliphatic rings. The molecule has 0 saturated heterocycles. The van der Waals surface area contributed by atoms with Crippen molar-refractivity contribution in [3.8, 4) is 0 Å². The molecule has 0 bridgehead atoms. The van der Waals surface area contributed by atoms with Gasteiger partial charge >= 0.3 is 0 Å². The maximum Gasteiger partial charge on any atom is 0.252 e. The minimum Gasteiger partial charge on any atom is -0.384 e. The zero-order chi connectivity index (χ0) is 13.1. The summed E-state index contributed by atoms with van der Waals surface area (Å²) in [5, 5.41) is 7.11. The van der Waals surface area contributed by atoms with Gasteiger partial charge in [0, 0.05) is 31.6 Å². The van der Waals surface area contributed by atoms with Gasteiger partial charge in [-0.15, -0.1) is 0 Å². The highest BCUT2D eigenvalue weighted by molar-refractivity contribution is 5.42. The van der Waals surface area contributed by atoms with Gasteiger partial charge in [-0.2, -0.15) is 5.10 Å². The summed E-state index contributed by atoms with van der Waals surface area (Å²) in [5.74, 6) is 1.80. The van der Waals surface area contributed by atoms with Crippen LogP contribution in [-0.4, -0.2) is 19.7 Å². The molecule has 0 radical (unpaired) electrons. The number of aromatic nitrogens is 4. The van der Waals surface area contributed by atoms with Crippen molar-refractivity contribution in [2.75, 3.05) is 11.1 Å². The van der Waals surface area contributed by atoms with E-state index >= 15 is 0 Å². The van der Waals surface area contributed by atoms with Crippen molar-refractivity contribution in [2.45, 2.75) is 19.9 Å². The highest BCUT2D eigenvalue weighted by atomic mass is 16.1. The molecule has 2 heterocycles. The Morgan fingerprint density at radius 2 is 2.33 bits per heavy atom. The Bertz CT molecular complexity index is 600. The number of aryl methyl sites for hydroxylation is 2. The van der Waals surface area contributed by atoms with Gasteiger partial charge < -0.3 is 16.0 Å². The van der Waals surface area contributed by atoms with Gasteiger partial charge in [0.2, 0.25) is 0 Å². The Hall–Kier alpha value is -2.31. The second-order valence-corrected chi connectivity index (χ2v) is 3.96. The maximum atomic E-state index is 11.4. The van der Waals surface area contributed by atoms with E-state index in [0.29, 0.717) is 30.4 Å². The van der Waals surface area contributed by atoms with E-state index in [9.17, 15) is 4.79 Å². The van der Waals surface area contributed by atoms with Crippen molar-refractivity contribution in [1.29, 1.82) is 0 Å². The van der Waals surface area contributed by atoms with E-state index in [1.807, 2.05) is 6.92 Å². The number of rotatable bonds is 4. The van der Waals surface area contributed by atoms with Crippen molar-refractivity contribution < 1.29 is 0 Å². The molecule has 7 nitrogen and oxygen atoms in total. The molecule has 2 rings (SSSR count). The third kappa shape index (κ3) is 2.50. The van der Waals surface area contributed by atoms with Crippen LogP contribution in [0.2, 0.25) is 0 Å². The first-order chi connectivity index (χ1) is 8.60. The number of hydrogen-bond donors (Lipinski definition) is 3. The van der Waals surface area contributed by atoms with Gasteiger partial charge in [0.25, 0.3) is 5.56 Å². The Morgan fingerprint density at radius 1 is 1.56 bits per heavy atom. The first-order valence-corrected chi connectivity index (χ1v) is 5.70. The lowest BCUT2D eigenvalue weighted by Gasteiger charge is -2.06. The summed E-state index contributed by atoms with van der Waals surface area (Å²) in [6.07, 6.45) is 2.37. The van der Waals surface area contributed by atoms with E-state index in [-0.39, 0.29) is 5.56 Å². The molecule has 18 heavy (non-hydrogen) atoms. The van der Waals surface area contributed by atoms with Gasteiger partial charge in [0.1, 0.15) is 17.5 Å². The summed E-state index contributed by atoms with van der Waals surface area (Å²) in [7, 11) is 1.78. The number of anilines is 2. The van der Waals surface area contributed by atoms with Gasteiger partial charge in [-0.1, -0.05) is 6.92 Å². The van der Waals surface area contributed by atoms with Crippen LogP contribution >= 0.6 is 0 Å². The molecule has 0 unspecified atom stereocenters. The number of nitrogens with zero attached hydrogens (tertiary/aromatic N) is 3. The zero-order valence-corrected chi connectivity index (χ0v) is 10.4. The fourth-order valence-corrected chi connectivity index (χ4v) is 1.58. The first kappa shape index (κ1) is 12.2. The molecule has 0 aliphatic heterocycles. The Kier molecular flexibility index (Phi) is 3.31. The minimum atomic E-state index is -0.163. The smallest absolute Gasteiger partial charge is 0.252 e. The van der Waals surface area contributed by atoms with Crippen LogP contribution in [0.4, 0.5) is 11.6 Å². The van der Waals surface area contributed by atoms with E-state index in [2.05, 4.69) is 20.4 Å². The summed E-state index contributed by atoms with van der Waals surface area (Å²) in [4.78, 5) is 18.3. The van der Waals surface area contributed by atoms with Crippen LogP contribution in [0.25, 0.3) is 0 Å². The first-order valence-electron chi connectivity index (χ1n) is 5.70. The molecule has 2 aromatic heterocycles. The van der Waals surface area contributed by atoms with E-state index in [1.165, 1.54) is 6.07 Å².